The van der Waals surface area contributed by atoms with Crippen molar-refractivity contribution in [2.45, 2.75) is 12.5 Å². The monoisotopic (exact) mass is 311 g/mol. The number of carbonyl (C=O) groups is 1. The Balaban J connectivity index is 1.52. The molecule has 0 saturated carbocycles. The molecule has 1 aromatic heterocycles. The van der Waals surface area contributed by atoms with E-state index in [4.69, 9.17) is 9.57 Å². The molecule has 0 spiro atoms. The van der Waals surface area contributed by atoms with Crippen LogP contribution in [0.25, 0.3) is 0 Å². The summed E-state index contributed by atoms with van der Waals surface area (Å²) in [6, 6.07) is 11.1. The number of amides is 1. The van der Waals surface area contributed by atoms with Gasteiger partial charge in [0.25, 0.3) is 5.91 Å². The van der Waals surface area contributed by atoms with E-state index < -0.39 is 0 Å². The topological polar surface area (TPSA) is 72.8 Å². The van der Waals surface area contributed by atoms with E-state index in [0.717, 1.165) is 17.0 Å². The summed E-state index contributed by atoms with van der Waals surface area (Å²) in [6.07, 6.45) is 3.66. The number of carbonyl (C=O) groups excluding carboxylic acids is 1. The summed E-state index contributed by atoms with van der Waals surface area (Å²) in [6.45, 7) is 0.400. The molecule has 1 atom stereocenters. The third-order valence-corrected chi connectivity index (χ3v) is 3.57. The van der Waals surface area contributed by atoms with Crippen LogP contribution in [-0.2, 0) is 4.84 Å². The standard InChI is InChI=1S/C17H17N3O3/c1-22-14-6-4-12(5-7-14)16-9-15(23-20-16)11-19-17(21)13-3-2-8-18-10-13/h2-8,10,15H,9,11H2,1H3,(H,19,21)/t15-/m1/s1. The van der Waals surface area contributed by atoms with Crippen molar-refractivity contribution in [1.29, 1.82) is 0 Å². The molecular formula is C17H17N3O3. The second kappa shape index (κ2) is 6.91. The number of oxime groups is 1. The minimum atomic E-state index is -0.167. The van der Waals surface area contributed by atoms with E-state index in [2.05, 4.69) is 15.5 Å². The summed E-state index contributed by atoms with van der Waals surface area (Å²) < 4.78 is 5.14. The minimum Gasteiger partial charge on any atom is -0.497 e. The molecule has 3 rings (SSSR count). The first-order chi connectivity index (χ1) is 11.3. The fourth-order valence-corrected chi connectivity index (χ4v) is 2.30. The lowest BCUT2D eigenvalue weighted by molar-refractivity contribution is 0.0753. The van der Waals surface area contributed by atoms with Crippen LogP contribution in [0.4, 0.5) is 0 Å². The molecule has 0 saturated heterocycles. The van der Waals surface area contributed by atoms with Crippen LogP contribution in [0.15, 0.2) is 53.9 Å². The largest absolute Gasteiger partial charge is 0.497 e. The van der Waals surface area contributed by atoms with Gasteiger partial charge in [-0.05, 0) is 42.0 Å². The Morgan fingerprint density at radius 3 is 2.87 bits per heavy atom. The first kappa shape index (κ1) is 15.0. The Morgan fingerprint density at radius 2 is 2.17 bits per heavy atom. The van der Waals surface area contributed by atoms with Gasteiger partial charge in [0, 0.05) is 18.8 Å². The molecule has 0 radical (unpaired) electrons. The molecule has 0 bridgehead atoms. The highest BCUT2D eigenvalue weighted by molar-refractivity contribution is 6.01. The molecule has 23 heavy (non-hydrogen) atoms. The average molecular weight is 311 g/mol. The predicted molar refractivity (Wildman–Crippen MR) is 85.6 cm³/mol. The summed E-state index contributed by atoms with van der Waals surface area (Å²) in [4.78, 5) is 21.3. The number of nitrogens with one attached hydrogen (secondary N) is 1. The van der Waals surface area contributed by atoms with Crippen LogP contribution in [0.3, 0.4) is 0 Å². The molecular weight excluding hydrogens is 294 g/mol. The van der Waals surface area contributed by atoms with E-state index in [9.17, 15) is 4.79 Å². The molecule has 6 heteroatoms. The van der Waals surface area contributed by atoms with Gasteiger partial charge in [0.1, 0.15) is 11.9 Å². The Bertz CT molecular complexity index is 699. The number of hydrogen-bond donors (Lipinski definition) is 1. The summed E-state index contributed by atoms with van der Waals surface area (Å²) >= 11 is 0. The maximum Gasteiger partial charge on any atom is 0.252 e. The predicted octanol–water partition coefficient (Wildman–Crippen LogP) is 2.01. The van der Waals surface area contributed by atoms with Crippen LogP contribution < -0.4 is 10.1 Å². The number of rotatable bonds is 5. The maximum absolute atomic E-state index is 12.0. The normalized spacial score (nSPS) is 16.4. The van der Waals surface area contributed by atoms with E-state index in [1.165, 1.54) is 6.20 Å². The zero-order valence-corrected chi connectivity index (χ0v) is 12.7. The van der Waals surface area contributed by atoms with Gasteiger partial charge in [-0.2, -0.15) is 0 Å². The fraction of sp³-hybridized carbons (Fsp3) is 0.235. The lowest BCUT2D eigenvalue weighted by Crippen LogP contribution is -2.32. The molecule has 0 aliphatic carbocycles. The molecule has 1 amide bonds. The van der Waals surface area contributed by atoms with Gasteiger partial charge in [0.15, 0.2) is 0 Å². The van der Waals surface area contributed by atoms with Gasteiger partial charge in [-0.3, -0.25) is 9.78 Å². The Morgan fingerprint density at radius 1 is 1.35 bits per heavy atom. The van der Waals surface area contributed by atoms with Crippen LogP contribution in [0.1, 0.15) is 22.3 Å². The summed E-state index contributed by atoms with van der Waals surface area (Å²) in [5.74, 6) is 0.633. The molecule has 1 N–H and O–H groups in total. The zero-order chi connectivity index (χ0) is 16.1. The number of benzene rings is 1. The Labute approximate surface area is 134 Å². The second-order valence-electron chi connectivity index (χ2n) is 5.15. The van der Waals surface area contributed by atoms with Crippen LogP contribution >= 0.6 is 0 Å². The number of hydrogen-bond acceptors (Lipinski definition) is 5. The number of pyridine rings is 1. The first-order valence-corrected chi connectivity index (χ1v) is 7.31. The Hall–Kier alpha value is -2.89. The quantitative estimate of drug-likeness (QED) is 0.917. The van der Waals surface area contributed by atoms with E-state index >= 15 is 0 Å². The number of nitrogens with zero attached hydrogens (tertiary/aromatic N) is 2. The van der Waals surface area contributed by atoms with Crippen LogP contribution in [-0.4, -0.2) is 36.4 Å². The highest BCUT2D eigenvalue weighted by Gasteiger charge is 2.22. The van der Waals surface area contributed by atoms with Gasteiger partial charge in [0.2, 0.25) is 0 Å². The smallest absolute Gasteiger partial charge is 0.252 e. The van der Waals surface area contributed by atoms with E-state index in [0.29, 0.717) is 18.5 Å². The van der Waals surface area contributed by atoms with E-state index in [1.54, 1.807) is 25.4 Å². The zero-order valence-electron chi connectivity index (χ0n) is 12.7. The van der Waals surface area contributed by atoms with Gasteiger partial charge in [-0.1, -0.05) is 5.16 Å². The number of aromatic nitrogens is 1. The van der Waals surface area contributed by atoms with Gasteiger partial charge in [0.05, 0.1) is 24.9 Å². The van der Waals surface area contributed by atoms with Crippen molar-refractivity contribution in [3.05, 3.63) is 59.9 Å². The lowest BCUT2D eigenvalue weighted by atomic mass is 10.0. The number of ether oxygens (including phenoxy) is 1. The van der Waals surface area contributed by atoms with Crippen molar-refractivity contribution in [3.63, 3.8) is 0 Å². The van der Waals surface area contributed by atoms with Crippen molar-refractivity contribution < 1.29 is 14.4 Å². The summed E-state index contributed by atoms with van der Waals surface area (Å²) in [7, 11) is 1.63. The number of methoxy groups -OCH3 is 1. The molecule has 1 aromatic carbocycles. The van der Waals surface area contributed by atoms with Crippen LogP contribution in [0.5, 0.6) is 5.75 Å². The molecule has 2 aromatic rings. The van der Waals surface area contributed by atoms with Crippen LogP contribution in [0, 0.1) is 0 Å². The molecule has 0 unspecified atom stereocenters. The van der Waals surface area contributed by atoms with Gasteiger partial charge in [-0.15, -0.1) is 0 Å². The summed E-state index contributed by atoms with van der Waals surface area (Å²) in [5.41, 5.74) is 2.39. The lowest BCUT2D eigenvalue weighted by Gasteiger charge is -2.09. The molecule has 6 nitrogen and oxygen atoms in total. The molecule has 2 heterocycles. The van der Waals surface area contributed by atoms with Crippen molar-refractivity contribution in [2.75, 3.05) is 13.7 Å². The van der Waals surface area contributed by atoms with Crippen molar-refractivity contribution in [2.24, 2.45) is 5.16 Å². The SMILES string of the molecule is COc1ccc(C2=NO[C@@H](CNC(=O)c3cccnc3)C2)cc1. The van der Waals surface area contributed by atoms with Gasteiger partial charge < -0.3 is 14.9 Å². The second-order valence-corrected chi connectivity index (χ2v) is 5.15. The Kier molecular flexibility index (Phi) is 4.52. The van der Waals surface area contributed by atoms with Crippen molar-refractivity contribution in [1.82, 2.24) is 10.3 Å². The van der Waals surface area contributed by atoms with Gasteiger partial charge in [-0.25, -0.2) is 0 Å². The highest BCUT2D eigenvalue weighted by Crippen LogP contribution is 2.19. The minimum absolute atomic E-state index is 0.160. The summed E-state index contributed by atoms with van der Waals surface area (Å²) in [5, 5.41) is 6.94. The van der Waals surface area contributed by atoms with Crippen molar-refractivity contribution >= 4 is 11.6 Å². The first-order valence-electron chi connectivity index (χ1n) is 7.31. The molecule has 118 valence electrons. The fourth-order valence-electron chi connectivity index (χ4n) is 2.30. The third-order valence-electron chi connectivity index (χ3n) is 3.57. The molecule has 1 aliphatic rings. The van der Waals surface area contributed by atoms with Crippen LogP contribution in [0.2, 0.25) is 0 Å². The molecule has 1 aliphatic heterocycles. The highest BCUT2D eigenvalue weighted by atomic mass is 16.6. The van der Waals surface area contributed by atoms with Gasteiger partial charge >= 0.3 is 0 Å². The van der Waals surface area contributed by atoms with E-state index in [1.807, 2.05) is 24.3 Å². The molecule has 0 fully saturated rings. The van der Waals surface area contributed by atoms with E-state index in [-0.39, 0.29) is 12.0 Å². The average Bonchev–Trinajstić information content (AvgIpc) is 3.09. The van der Waals surface area contributed by atoms with Crippen molar-refractivity contribution in [3.8, 4) is 5.75 Å². The third kappa shape index (κ3) is 3.66. The maximum atomic E-state index is 12.0.